The van der Waals surface area contributed by atoms with Crippen molar-refractivity contribution in [1.82, 2.24) is 0 Å². The average molecular weight is 313 g/mol. The molecule has 118 valence electrons. The standard InChI is InChI=1S/C12H21ClO7/c13-3-4-17-5-6-18-7-8-19-9-10-20-12(16)2-1-11(14)15/h1-10H2,(H,14,15). The molecule has 0 saturated heterocycles. The molecule has 0 radical (unpaired) electrons. The van der Waals surface area contributed by atoms with E-state index in [4.69, 9.17) is 35.7 Å². The molecule has 0 aromatic carbocycles. The second-order valence-electron chi connectivity index (χ2n) is 3.64. The van der Waals surface area contributed by atoms with E-state index in [9.17, 15) is 9.59 Å². The van der Waals surface area contributed by atoms with Gasteiger partial charge in [0.05, 0.1) is 52.5 Å². The molecule has 0 spiro atoms. The number of carbonyl (C=O) groups excluding carboxylic acids is 1. The van der Waals surface area contributed by atoms with Crippen LogP contribution in [-0.4, -0.2) is 69.2 Å². The molecule has 20 heavy (non-hydrogen) atoms. The molecular formula is C12H21ClO7. The normalized spacial score (nSPS) is 10.4. The second-order valence-corrected chi connectivity index (χ2v) is 4.02. The number of ether oxygens (including phenoxy) is 4. The van der Waals surface area contributed by atoms with E-state index < -0.39 is 11.9 Å². The highest BCUT2D eigenvalue weighted by Gasteiger charge is 2.05. The van der Waals surface area contributed by atoms with Gasteiger partial charge in [0, 0.05) is 5.88 Å². The Morgan fingerprint density at radius 1 is 0.800 bits per heavy atom. The summed E-state index contributed by atoms with van der Waals surface area (Å²) in [7, 11) is 0. The minimum atomic E-state index is -1.02. The summed E-state index contributed by atoms with van der Waals surface area (Å²) in [6.45, 7) is 2.66. The maximum atomic E-state index is 11.0. The van der Waals surface area contributed by atoms with Crippen molar-refractivity contribution in [2.45, 2.75) is 12.8 Å². The van der Waals surface area contributed by atoms with E-state index >= 15 is 0 Å². The number of carbonyl (C=O) groups is 2. The molecule has 0 aliphatic rings. The number of carboxylic acid groups (broad SMARTS) is 1. The van der Waals surface area contributed by atoms with Crippen LogP contribution >= 0.6 is 11.6 Å². The van der Waals surface area contributed by atoms with Crippen molar-refractivity contribution in [3.05, 3.63) is 0 Å². The van der Waals surface area contributed by atoms with Gasteiger partial charge in [-0.3, -0.25) is 9.59 Å². The largest absolute Gasteiger partial charge is 0.481 e. The fraction of sp³-hybridized carbons (Fsp3) is 0.833. The van der Waals surface area contributed by atoms with Gasteiger partial charge in [-0.15, -0.1) is 11.6 Å². The van der Waals surface area contributed by atoms with Crippen LogP contribution in [0.4, 0.5) is 0 Å². The maximum Gasteiger partial charge on any atom is 0.306 e. The van der Waals surface area contributed by atoms with Gasteiger partial charge in [0.2, 0.25) is 0 Å². The van der Waals surface area contributed by atoms with Crippen LogP contribution in [0.25, 0.3) is 0 Å². The van der Waals surface area contributed by atoms with Crippen LogP contribution in [0.3, 0.4) is 0 Å². The van der Waals surface area contributed by atoms with Gasteiger partial charge in [0.1, 0.15) is 6.61 Å². The summed E-state index contributed by atoms with van der Waals surface area (Å²) in [6, 6.07) is 0. The molecule has 8 heteroatoms. The lowest BCUT2D eigenvalue weighted by Crippen LogP contribution is -2.14. The molecule has 1 N–H and O–H groups in total. The smallest absolute Gasteiger partial charge is 0.306 e. The number of esters is 1. The van der Waals surface area contributed by atoms with Gasteiger partial charge in [0.15, 0.2) is 0 Å². The van der Waals surface area contributed by atoms with Gasteiger partial charge in [-0.1, -0.05) is 0 Å². The highest BCUT2D eigenvalue weighted by Crippen LogP contribution is 1.93. The minimum Gasteiger partial charge on any atom is -0.481 e. The second kappa shape index (κ2) is 14.5. The van der Waals surface area contributed by atoms with Crippen molar-refractivity contribution < 1.29 is 33.6 Å². The molecule has 0 heterocycles. The Bertz CT molecular complexity index is 260. The quantitative estimate of drug-likeness (QED) is 0.286. The van der Waals surface area contributed by atoms with E-state index in [0.29, 0.717) is 38.9 Å². The van der Waals surface area contributed by atoms with Crippen molar-refractivity contribution >= 4 is 23.5 Å². The summed E-state index contributed by atoms with van der Waals surface area (Å²) in [4.78, 5) is 21.2. The van der Waals surface area contributed by atoms with E-state index in [1.165, 1.54) is 0 Å². The van der Waals surface area contributed by atoms with E-state index in [2.05, 4.69) is 0 Å². The molecule has 7 nitrogen and oxygen atoms in total. The van der Waals surface area contributed by atoms with Gasteiger partial charge < -0.3 is 24.1 Å². The summed E-state index contributed by atoms with van der Waals surface area (Å²) in [5.74, 6) is -1.09. The molecule has 0 saturated carbocycles. The number of aliphatic carboxylic acids is 1. The van der Waals surface area contributed by atoms with Crippen molar-refractivity contribution in [1.29, 1.82) is 0 Å². The topological polar surface area (TPSA) is 91.3 Å². The Balaban J connectivity index is 3.12. The molecule has 0 atom stereocenters. The first-order chi connectivity index (χ1) is 9.66. The summed E-state index contributed by atoms with van der Waals surface area (Å²) < 4.78 is 20.2. The zero-order valence-corrected chi connectivity index (χ0v) is 12.1. The molecule has 0 aliphatic carbocycles. The first kappa shape index (κ1) is 19.1. The molecule has 0 rings (SSSR count). The van der Waals surface area contributed by atoms with Crippen molar-refractivity contribution in [3.8, 4) is 0 Å². The van der Waals surface area contributed by atoms with Gasteiger partial charge in [-0.25, -0.2) is 0 Å². The lowest BCUT2D eigenvalue weighted by atomic mass is 10.3. The fourth-order valence-electron chi connectivity index (χ4n) is 1.09. The fourth-order valence-corrected chi connectivity index (χ4v) is 1.20. The summed E-state index contributed by atoms with van der Waals surface area (Å²) >= 11 is 5.42. The molecule has 0 unspecified atom stereocenters. The summed E-state index contributed by atoms with van der Waals surface area (Å²) in [6.07, 6.45) is -0.347. The number of hydrogen-bond acceptors (Lipinski definition) is 6. The number of halogens is 1. The van der Waals surface area contributed by atoms with Crippen LogP contribution in [0.1, 0.15) is 12.8 Å². The Labute approximate surface area is 123 Å². The SMILES string of the molecule is O=C(O)CCC(=O)OCCOCCOCCOCCCl. The highest BCUT2D eigenvalue weighted by molar-refractivity contribution is 6.17. The van der Waals surface area contributed by atoms with Gasteiger partial charge >= 0.3 is 11.9 Å². The lowest BCUT2D eigenvalue weighted by molar-refractivity contribution is -0.149. The molecule has 0 amide bonds. The van der Waals surface area contributed by atoms with Crippen LogP contribution in [-0.2, 0) is 28.5 Å². The third-order valence-electron chi connectivity index (χ3n) is 2.00. The number of rotatable bonds is 14. The predicted octanol–water partition coefficient (Wildman–Crippen LogP) is 0.683. The predicted molar refractivity (Wildman–Crippen MR) is 71.0 cm³/mol. The molecule has 0 bridgehead atoms. The van der Waals surface area contributed by atoms with Crippen molar-refractivity contribution in [2.75, 3.05) is 52.1 Å². The maximum absolute atomic E-state index is 11.0. The van der Waals surface area contributed by atoms with Crippen LogP contribution in [0.15, 0.2) is 0 Å². The van der Waals surface area contributed by atoms with E-state index in [1.54, 1.807) is 0 Å². The van der Waals surface area contributed by atoms with Crippen molar-refractivity contribution in [3.63, 3.8) is 0 Å². The monoisotopic (exact) mass is 312 g/mol. The number of hydrogen-bond donors (Lipinski definition) is 1. The van der Waals surface area contributed by atoms with Crippen LogP contribution in [0.2, 0.25) is 0 Å². The van der Waals surface area contributed by atoms with Gasteiger partial charge in [0.25, 0.3) is 0 Å². The minimum absolute atomic E-state index is 0.108. The number of alkyl halides is 1. The van der Waals surface area contributed by atoms with E-state index in [-0.39, 0.29) is 26.1 Å². The van der Waals surface area contributed by atoms with E-state index in [0.717, 1.165) is 0 Å². The highest BCUT2D eigenvalue weighted by atomic mass is 35.5. The van der Waals surface area contributed by atoms with Crippen LogP contribution in [0, 0.1) is 0 Å². The van der Waals surface area contributed by atoms with Crippen LogP contribution in [0.5, 0.6) is 0 Å². The Morgan fingerprint density at radius 2 is 1.30 bits per heavy atom. The Morgan fingerprint density at radius 3 is 1.80 bits per heavy atom. The third kappa shape index (κ3) is 15.2. The molecule has 0 aromatic rings. The molecule has 0 fully saturated rings. The lowest BCUT2D eigenvalue weighted by Gasteiger charge is -2.07. The van der Waals surface area contributed by atoms with E-state index in [1.807, 2.05) is 0 Å². The van der Waals surface area contributed by atoms with Gasteiger partial charge in [-0.05, 0) is 0 Å². The molecule has 0 aromatic heterocycles. The number of carboxylic acids is 1. The zero-order valence-electron chi connectivity index (χ0n) is 11.3. The van der Waals surface area contributed by atoms with Gasteiger partial charge in [-0.2, -0.15) is 0 Å². The third-order valence-corrected chi connectivity index (χ3v) is 2.15. The Kier molecular flexibility index (Phi) is 13.9. The van der Waals surface area contributed by atoms with Crippen molar-refractivity contribution in [2.24, 2.45) is 0 Å². The first-order valence-electron chi connectivity index (χ1n) is 6.33. The first-order valence-corrected chi connectivity index (χ1v) is 6.87. The molecule has 0 aliphatic heterocycles. The molecular weight excluding hydrogens is 292 g/mol. The summed E-state index contributed by atoms with van der Waals surface area (Å²) in [5.41, 5.74) is 0. The summed E-state index contributed by atoms with van der Waals surface area (Å²) in [5, 5.41) is 8.36. The van der Waals surface area contributed by atoms with Crippen LogP contribution < -0.4 is 0 Å². The zero-order chi connectivity index (χ0) is 15.1. The average Bonchev–Trinajstić information content (AvgIpc) is 2.42. The Hall–Kier alpha value is -0.890.